The molecule has 0 unspecified atom stereocenters. The van der Waals surface area contributed by atoms with Crippen LogP contribution in [-0.4, -0.2) is 32.5 Å². The predicted molar refractivity (Wildman–Crippen MR) is 136 cm³/mol. The Labute approximate surface area is 210 Å². The van der Waals surface area contributed by atoms with Crippen molar-refractivity contribution in [2.24, 2.45) is 0 Å². The molecule has 1 aromatic carbocycles. The molecule has 180 valence electrons. The highest BCUT2D eigenvalue weighted by molar-refractivity contribution is 8.01. The lowest BCUT2D eigenvalue weighted by Crippen LogP contribution is -2.41. The van der Waals surface area contributed by atoms with Crippen molar-refractivity contribution in [1.82, 2.24) is 20.3 Å². The van der Waals surface area contributed by atoms with Crippen LogP contribution < -0.4 is 10.6 Å². The second-order valence-electron chi connectivity index (χ2n) is 7.73. The van der Waals surface area contributed by atoms with Crippen LogP contribution in [0.3, 0.4) is 0 Å². The summed E-state index contributed by atoms with van der Waals surface area (Å²) in [5, 5.41) is 17.5. The zero-order valence-corrected chi connectivity index (χ0v) is 20.6. The summed E-state index contributed by atoms with van der Waals surface area (Å²) in [5.41, 5.74) is -0.882. The molecule has 0 aliphatic rings. The normalized spacial score (nSPS) is 12.7. The Kier molecular flexibility index (Phi) is 8.06. The fourth-order valence-corrected chi connectivity index (χ4v) is 5.36. The van der Waals surface area contributed by atoms with E-state index in [0.717, 1.165) is 16.0 Å². The van der Waals surface area contributed by atoms with Crippen molar-refractivity contribution in [1.29, 1.82) is 0 Å². The van der Waals surface area contributed by atoms with Crippen LogP contribution in [0.25, 0.3) is 0 Å². The molecule has 0 radical (unpaired) electrons. The molecular weight excluding hydrogens is 485 g/mol. The van der Waals surface area contributed by atoms with Gasteiger partial charge in [0.15, 0.2) is 16.6 Å². The average Bonchev–Trinajstić information content (AvgIpc) is 3.32. The molecule has 1 amide bonds. The number of nitrogens with one attached hydrogen (secondary N) is 2. The number of nitrogens with zero attached hydrogens (tertiary/aromatic N) is 3. The summed E-state index contributed by atoms with van der Waals surface area (Å²) in [5.74, 6) is -0.746. The van der Waals surface area contributed by atoms with Crippen molar-refractivity contribution < 1.29 is 14.3 Å². The number of benzene rings is 1. The van der Waals surface area contributed by atoms with E-state index < -0.39 is 17.3 Å². The number of amides is 1. The molecule has 3 aromatic heterocycles. The number of hydrogen-bond donors (Lipinski definition) is 3. The van der Waals surface area contributed by atoms with Gasteiger partial charge in [-0.2, -0.15) is 0 Å². The third kappa shape index (κ3) is 6.21. The monoisotopic (exact) mass is 509 g/mol. The zero-order valence-electron chi connectivity index (χ0n) is 18.9. The van der Waals surface area contributed by atoms with Crippen LogP contribution in [0.2, 0.25) is 0 Å². The van der Waals surface area contributed by atoms with Gasteiger partial charge in [0.2, 0.25) is 0 Å². The molecule has 10 heteroatoms. The van der Waals surface area contributed by atoms with Crippen molar-refractivity contribution in [3.63, 3.8) is 0 Å². The highest BCUT2D eigenvalue weighted by atomic mass is 32.2. The van der Waals surface area contributed by atoms with Crippen molar-refractivity contribution in [3.8, 4) is 0 Å². The lowest BCUT2D eigenvalue weighted by atomic mass is 9.89. The number of halogens is 1. The minimum Gasteiger partial charge on any atom is -0.383 e. The van der Waals surface area contributed by atoms with E-state index in [4.69, 9.17) is 0 Å². The Morgan fingerprint density at radius 2 is 1.89 bits per heavy atom. The smallest absolute Gasteiger partial charge is 0.273 e. The summed E-state index contributed by atoms with van der Waals surface area (Å²) in [6, 6.07) is 16.2. The van der Waals surface area contributed by atoms with E-state index in [-0.39, 0.29) is 17.1 Å². The lowest BCUT2D eigenvalue weighted by Gasteiger charge is -2.28. The quantitative estimate of drug-likeness (QED) is 0.264. The van der Waals surface area contributed by atoms with E-state index in [1.165, 1.54) is 23.6 Å². The Balaban J connectivity index is 1.44. The second kappa shape index (κ2) is 11.4. The number of thiazole rings is 1. The Morgan fingerprint density at radius 1 is 1.09 bits per heavy atom. The van der Waals surface area contributed by atoms with Crippen LogP contribution in [0, 0.1) is 5.82 Å². The number of hydrogen-bond acceptors (Lipinski definition) is 8. The number of pyridine rings is 2. The van der Waals surface area contributed by atoms with Crippen LogP contribution in [0.4, 0.5) is 15.3 Å². The maximum absolute atomic E-state index is 15.2. The minimum atomic E-state index is -1.26. The number of aliphatic hydroxyl groups is 1. The third-order valence-electron chi connectivity index (χ3n) is 5.18. The van der Waals surface area contributed by atoms with Crippen LogP contribution in [-0.2, 0) is 5.60 Å². The highest BCUT2D eigenvalue weighted by Gasteiger charge is 2.29. The molecule has 4 rings (SSSR count). The van der Waals surface area contributed by atoms with Crippen LogP contribution in [0.15, 0.2) is 82.3 Å². The summed E-state index contributed by atoms with van der Waals surface area (Å²) >= 11 is 2.50. The summed E-state index contributed by atoms with van der Waals surface area (Å²) in [4.78, 5) is 25.5. The van der Waals surface area contributed by atoms with Gasteiger partial charge in [-0.15, -0.1) is 0 Å². The van der Waals surface area contributed by atoms with Crippen molar-refractivity contribution in [2.45, 2.75) is 34.5 Å². The first-order valence-corrected chi connectivity index (χ1v) is 12.6. The zero-order chi connectivity index (χ0) is 24.7. The molecule has 1 atom stereocenters. The largest absolute Gasteiger partial charge is 0.383 e. The molecule has 0 saturated carbocycles. The Hall–Kier alpha value is -3.34. The average molecular weight is 510 g/mol. The van der Waals surface area contributed by atoms with Gasteiger partial charge in [0.1, 0.15) is 11.4 Å². The first-order chi connectivity index (χ1) is 17.0. The van der Waals surface area contributed by atoms with Crippen molar-refractivity contribution in [2.75, 3.05) is 11.9 Å². The minimum absolute atomic E-state index is 0.0560. The molecule has 0 bridgehead atoms. The van der Waals surface area contributed by atoms with Gasteiger partial charge in [-0.25, -0.2) is 19.3 Å². The van der Waals surface area contributed by atoms with Gasteiger partial charge in [-0.3, -0.25) is 4.79 Å². The molecule has 35 heavy (non-hydrogen) atoms. The lowest BCUT2D eigenvalue weighted by molar-refractivity contribution is 0.0260. The predicted octanol–water partition coefficient (Wildman–Crippen LogP) is 5.38. The van der Waals surface area contributed by atoms with E-state index in [2.05, 4.69) is 25.6 Å². The molecular formula is C25H24FN5O2S2. The number of anilines is 2. The van der Waals surface area contributed by atoms with Crippen molar-refractivity contribution >= 4 is 40.0 Å². The van der Waals surface area contributed by atoms with E-state index in [1.54, 1.807) is 12.4 Å². The molecule has 0 aliphatic carbocycles. The number of aromatic nitrogens is 3. The first kappa shape index (κ1) is 24.8. The first-order valence-electron chi connectivity index (χ1n) is 11.0. The van der Waals surface area contributed by atoms with Gasteiger partial charge >= 0.3 is 0 Å². The number of carbonyl (C=O) groups is 1. The van der Waals surface area contributed by atoms with E-state index >= 15 is 4.39 Å². The molecule has 7 nitrogen and oxygen atoms in total. The number of rotatable bonds is 10. The van der Waals surface area contributed by atoms with Gasteiger partial charge < -0.3 is 15.7 Å². The Morgan fingerprint density at radius 3 is 2.63 bits per heavy atom. The summed E-state index contributed by atoms with van der Waals surface area (Å²) in [6.45, 7) is 1.90. The summed E-state index contributed by atoms with van der Waals surface area (Å²) in [7, 11) is 0. The number of carbonyl (C=O) groups excluding carboxylic acids is 1. The second-order valence-corrected chi connectivity index (χ2v) is 10.1. The van der Waals surface area contributed by atoms with Crippen LogP contribution in [0.1, 0.15) is 35.8 Å². The highest BCUT2D eigenvalue weighted by Crippen LogP contribution is 2.36. The van der Waals surface area contributed by atoms with Gasteiger partial charge in [0.25, 0.3) is 5.91 Å². The van der Waals surface area contributed by atoms with Gasteiger partial charge in [-0.05, 0) is 30.2 Å². The topological polar surface area (TPSA) is 100 Å². The maximum Gasteiger partial charge on any atom is 0.273 e. The molecule has 4 aromatic rings. The van der Waals surface area contributed by atoms with Gasteiger partial charge in [-0.1, -0.05) is 72.8 Å². The SMILES string of the molecule is CCC[C@](O)(CNC(=O)c1nccc(Sc2cnc(Nc3ccccn3)s2)c1F)c1ccccc1. The molecule has 0 fully saturated rings. The fourth-order valence-electron chi connectivity index (χ4n) is 3.49. The van der Waals surface area contributed by atoms with Gasteiger partial charge in [0, 0.05) is 12.4 Å². The molecule has 0 saturated heterocycles. The molecule has 3 N–H and O–H groups in total. The van der Waals surface area contributed by atoms with E-state index in [9.17, 15) is 9.90 Å². The van der Waals surface area contributed by atoms with E-state index in [1.807, 2.05) is 55.5 Å². The third-order valence-corrected chi connectivity index (χ3v) is 7.23. The van der Waals surface area contributed by atoms with Gasteiger partial charge in [0.05, 0.1) is 21.8 Å². The van der Waals surface area contributed by atoms with Crippen LogP contribution >= 0.6 is 23.1 Å². The molecule has 0 aliphatic heterocycles. The fraction of sp³-hybridized carbons (Fsp3) is 0.200. The standard InChI is InChI=1S/C25H24FN5O2S2/c1-2-12-25(33,17-8-4-3-5-9-17)16-30-23(32)22-21(26)18(11-14-28-22)34-20-15-29-24(35-20)31-19-10-6-7-13-27-19/h3-11,13-15,33H,2,12,16H2,1H3,(H,30,32)(H,27,29,31)/t25-/m0/s1. The molecule has 3 heterocycles. The Bertz CT molecular complexity index is 1270. The van der Waals surface area contributed by atoms with Crippen molar-refractivity contribution in [3.05, 3.63) is 90.3 Å². The summed E-state index contributed by atoms with van der Waals surface area (Å²) in [6.07, 6.45) is 5.86. The molecule has 0 spiro atoms. The maximum atomic E-state index is 15.2. The van der Waals surface area contributed by atoms with Crippen LogP contribution in [0.5, 0.6) is 0 Å². The van der Waals surface area contributed by atoms with E-state index in [0.29, 0.717) is 29.4 Å². The summed E-state index contributed by atoms with van der Waals surface area (Å²) < 4.78 is 15.9.